The Hall–Kier alpha value is -3.26. The number of carboxylic acid groups (broad SMARTS) is 1. The van der Waals surface area contributed by atoms with E-state index in [0.717, 1.165) is 22.5 Å². The monoisotopic (exact) mass is 389 g/mol. The van der Waals surface area contributed by atoms with E-state index in [2.05, 4.69) is 5.32 Å². The average molecular weight is 389 g/mol. The predicted octanol–water partition coefficient (Wildman–Crippen LogP) is 4.57. The Morgan fingerprint density at radius 2 is 1.59 bits per heavy atom. The first-order valence-corrected chi connectivity index (χ1v) is 8.65. The van der Waals surface area contributed by atoms with Crippen LogP contribution in [0.3, 0.4) is 0 Å². The molecule has 0 saturated carbocycles. The van der Waals surface area contributed by atoms with E-state index in [4.69, 9.17) is 9.84 Å². The Labute approximate surface area is 156 Å². The molecule has 1 unspecified atom stereocenters. The molecule has 0 bridgehead atoms. The van der Waals surface area contributed by atoms with Crippen LogP contribution in [0.5, 0.6) is 5.75 Å². The van der Waals surface area contributed by atoms with E-state index >= 15 is 0 Å². The molecule has 27 heavy (non-hydrogen) atoms. The van der Waals surface area contributed by atoms with E-state index < -0.39 is 18.2 Å². The molecule has 0 aliphatic carbocycles. The van der Waals surface area contributed by atoms with Crippen molar-refractivity contribution in [2.75, 3.05) is 5.32 Å². The van der Waals surface area contributed by atoms with Gasteiger partial charge in [0.15, 0.2) is 0 Å². The highest BCUT2D eigenvalue weighted by molar-refractivity contribution is 7.08. The minimum Gasteiger partial charge on any atom is -0.478 e. The molecule has 8 heteroatoms. The highest BCUT2D eigenvalue weighted by Crippen LogP contribution is 2.24. The zero-order valence-electron chi connectivity index (χ0n) is 13.7. The van der Waals surface area contributed by atoms with Crippen molar-refractivity contribution in [1.29, 1.82) is 0 Å². The van der Waals surface area contributed by atoms with Gasteiger partial charge in [0.2, 0.25) is 0 Å². The molecule has 1 heterocycles. The SMILES string of the molecule is O=C(O)c1cscc1NC(=O)C(F)Oc1ccc(-c2ccc(F)cc2)cc1. The number of ether oxygens (including phenoxy) is 1. The fourth-order valence-corrected chi connectivity index (χ4v) is 3.04. The molecule has 3 rings (SSSR count). The van der Waals surface area contributed by atoms with Gasteiger partial charge in [-0.2, -0.15) is 4.39 Å². The lowest BCUT2D eigenvalue weighted by atomic mass is 10.1. The molecule has 0 aliphatic rings. The first kappa shape index (κ1) is 18.5. The second-order valence-electron chi connectivity index (χ2n) is 5.46. The van der Waals surface area contributed by atoms with Crippen molar-refractivity contribution in [2.45, 2.75) is 6.36 Å². The fraction of sp³-hybridized carbons (Fsp3) is 0.0526. The van der Waals surface area contributed by atoms with Crippen molar-refractivity contribution >= 4 is 28.9 Å². The van der Waals surface area contributed by atoms with Gasteiger partial charge < -0.3 is 15.2 Å². The number of benzene rings is 2. The third kappa shape index (κ3) is 4.48. The minimum absolute atomic E-state index is 0.00964. The second-order valence-corrected chi connectivity index (χ2v) is 6.20. The molecule has 5 nitrogen and oxygen atoms in total. The Morgan fingerprint density at radius 1 is 1.00 bits per heavy atom. The maximum atomic E-state index is 14.1. The lowest BCUT2D eigenvalue weighted by molar-refractivity contribution is -0.129. The van der Waals surface area contributed by atoms with Crippen LogP contribution < -0.4 is 10.1 Å². The van der Waals surface area contributed by atoms with E-state index in [1.807, 2.05) is 0 Å². The quantitative estimate of drug-likeness (QED) is 0.648. The van der Waals surface area contributed by atoms with Crippen molar-refractivity contribution in [3.63, 3.8) is 0 Å². The van der Waals surface area contributed by atoms with Gasteiger partial charge in [-0.05, 0) is 35.4 Å². The first-order valence-electron chi connectivity index (χ1n) is 7.71. The highest BCUT2D eigenvalue weighted by Gasteiger charge is 2.22. The van der Waals surface area contributed by atoms with Gasteiger partial charge in [0, 0.05) is 10.8 Å². The maximum absolute atomic E-state index is 14.1. The van der Waals surface area contributed by atoms with Gasteiger partial charge in [-0.15, -0.1) is 11.3 Å². The lowest BCUT2D eigenvalue weighted by Gasteiger charge is -2.12. The summed E-state index contributed by atoms with van der Waals surface area (Å²) in [4.78, 5) is 22.9. The number of alkyl halides is 1. The summed E-state index contributed by atoms with van der Waals surface area (Å²) in [5.74, 6) is -2.56. The molecular weight excluding hydrogens is 376 g/mol. The average Bonchev–Trinajstić information content (AvgIpc) is 3.11. The van der Waals surface area contributed by atoms with Crippen molar-refractivity contribution in [1.82, 2.24) is 0 Å². The Kier molecular flexibility index (Phi) is 5.46. The molecule has 1 amide bonds. The third-order valence-electron chi connectivity index (χ3n) is 3.63. The van der Waals surface area contributed by atoms with Gasteiger partial charge in [0.25, 0.3) is 5.91 Å². The van der Waals surface area contributed by atoms with Crippen molar-refractivity contribution in [2.24, 2.45) is 0 Å². The Balaban J connectivity index is 1.64. The van der Waals surface area contributed by atoms with Crippen molar-refractivity contribution < 1.29 is 28.2 Å². The topological polar surface area (TPSA) is 75.6 Å². The number of hydrogen-bond donors (Lipinski definition) is 2. The van der Waals surface area contributed by atoms with Crippen LogP contribution >= 0.6 is 11.3 Å². The molecule has 1 atom stereocenters. The zero-order chi connectivity index (χ0) is 19.4. The van der Waals surface area contributed by atoms with Crippen LogP contribution in [0.2, 0.25) is 0 Å². The second kappa shape index (κ2) is 7.96. The van der Waals surface area contributed by atoms with Crippen LogP contribution in [0.25, 0.3) is 11.1 Å². The smallest absolute Gasteiger partial charge is 0.338 e. The summed E-state index contributed by atoms with van der Waals surface area (Å²) in [6.45, 7) is 0. The normalized spacial score (nSPS) is 11.6. The third-order valence-corrected chi connectivity index (χ3v) is 4.37. The van der Waals surface area contributed by atoms with Crippen LogP contribution in [0.4, 0.5) is 14.5 Å². The molecule has 0 saturated heterocycles. The van der Waals surface area contributed by atoms with Crippen LogP contribution in [0.1, 0.15) is 10.4 Å². The number of nitrogens with one attached hydrogen (secondary N) is 1. The first-order chi connectivity index (χ1) is 12.9. The molecular formula is C19H13F2NO4S. The Bertz CT molecular complexity index is 955. The lowest BCUT2D eigenvalue weighted by Crippen LogP contribution is -2.29. The van der Waals surface area contributed by atoms with E-state index in [1.54, 1.807) is 24.3 Å². The van der Waals surface area contributed by atoms with Gasteiger partial charge in [-0.3, -0.25) is 4.79 Å². The molecule has 2 aromatic carbocycles. The fourth-order valence-electron chi connectivity index (χ4n) is 2.29. The number of aromatic carboxylic acids is 1. The number of thiophene rings is 1. The summed E-state index contributed by atoms with van der Waals surface area (Å²) in [6.07, 6.45) is -2.32. The van der Waals surface area contributed by atoms with Crippen LogP contribution in [-0.2, 0) is 4.79 Å². The van der Waals surface area contributed by atoms with E-state index in [9.17, 15) is 18.4 Å². The summed E-state index contributed by atoms with van der Waals surface area (Å²) < 4.78 is 32.0. The molecule has 0 aliphatic heterocycles. The van der Waals surface area contributed by atoms with Crippen LogP contribution in [-0.4, -0.2) is 23.3 Å². The molecule has 138 valence electrons. The van der Waals surface area contributed by atoms with Gasteiger partial charge in [-0.25, -0.2) is 9.18 Å². The van der Waals surface area contributed by atoms with Crippen molar-refractivity contribution in [3.8, 4) is 16.9 Å². The summed E-state index contributed by atoms with van der Waals surface area (Å²) in [5.41, 5.74) is 1.43. The summed E-state index contributed by atoms with van der Waals surface area (Å²) >= 11 is 1.07. The number of anilines is 1. The molecule has 2 N–H and O–H groups in total. The van der Waals surface area contributed by atoms with E-state index in [1.165, 1.54) is 35.0 Å². The van der Waals surface area contributed by atoms with Crippen molar-refractivity contribution in [3.05, 3.63) is 70.7 Å². The molecule has 0 spiro atoms. The number of amides is 1. The van der Waals surface area contributed by atoms with Gasteiger partial charge in [0.05, 0.1) is 11.3 Å². The molecule has 0 fully saturated rings. The summed E-state index contributed by atoms with van der Waals surface area (Å²) in [6, 6.07) is 12.1. The van der Waals surface area contributed by atoms with Crippen LogP contribution in [0.15, 0.2) is 59.3 Å². The standard InChI is InChI=1S/C19H13F2NO4S/c20-13-5-1-11(2-6-13)12-3-7-14(8-4-12)26-17(21)18(23)22-16-10-27-9-15(16)19(24)25/h1-10,17H,(H,22,23)(H,24,25). The minimum atomic E-state index is -2.32. The van der Waals surface area contributed by atoms with Gasteiger partial charge in [-0.1, -0.05) is 24.3 Å². The van der Waals surface area contributed by atoms with E-state index in [0.29, 0.717) is 0 Å². The number of rotatable bonds is 6. The summed E-state index contributed by atoms with van der Waals surface area (Å²) in [5, 5.41) is 13.9. The highest BCUT2D eigenvalue weighted by atomic mass is 32.1. The molecule has 3 aromatic rings. The number of hydrogen-bond acceptors (Lipinski definition) is 4. The number of halogens is 2. The van der Waals surface area contributed by atoms with E-state index in [-0.39, 0.29) is 22.8 Å². The molecule has 0 radical (unpaired) electrons. The summed E-state index contributed by atoms with van der Waals surface area (Å²) in [7, 11) is 0. The van der Waals surface area contributed by atoms with Gasteiger partial charge >= 0.3 is 12.3 Å². The number of carbonyl (C=O) groups is 2. The Morgan fingerprint density at radius 3 is 2.19 bits per heavy atom. The van der Waals surface area contributed by atoms with Crippen LogP contribution in [0, 0.1) is 5.82 Å². The number of carboxylic acids is 1. The zero-order valence-corrected chi connectivity index (χ0v) is 14.5. The largest absolute Gasteiger partial charge is 0.478 e. The maximum Gasteiger partial charge on any atom is 0.338 e. The predicted molar refractivity (Wildman–Crippen MR) is 97.3 cm³/mol. The van der Waals surface area contributed by atoms with Gasteiger partial charge in [0.1, 0.15) is 11.6 Å². The number of carbonyl (C=O) groups excluding carboxylic acids is 1. The molecule has 1 aromatic heterocycles.